The lowest BCUT2D eigenvalue weighted by Gasteiger charge is -2.18. The van der Waals surface area contributed by atoms with Crippen molar-refractivity contribution < 1.29 is 63.1 Å². The van der Waals surface area contributed by atoms with Crippen LogP contribution in [0.4, 0.5) is 66.7 Å². The van der Waals surface area contributed by atoms with E-state index in [1.807, 2.05) is 55.4 Å². The molecule has 8 bridgehead atoms. The Kier molecular flexibility index (Phi) is 13.6. The molecule has 0 unspecified atom stereocenters. The van der Waals surface area contributed by atoms with E-state index in [9.17, 15) is 19.2 Å². The molecule has 4 fully saturated rings. The summed E-state index contributed by atoms with van der Waals surface area (Å²) in [6, 6.07) is 14.2. The first kappa shape index (κ1) is 59.6. The lowest BCUT2D eigenvalue weighted by molar-refractivity contribution is -0.118. The van der Waals surface area contributed by atoms with E-state index in [1.54, 1.807) is 0 Å². The van der Waals surface area contributed by atoms with Gasteiger partial charge < -0.3 is 31.2 Å². The molecule has 0 spiro atoms. The molecule has 90 heavy (non-hydrogen) atoms. The quantitative estimate of drug-likeness (QED) is 0.0403. The number of amides is 4. The fourth-order valence-electron chi connectivity index (χ4n) is 12.5. The molecule has 6 aliphatic rings. The molecule has 4 amide bonds. The molecule has 6 N–H and O–H groups in total. The topological polar surface area (TPSA) is 174 Å². The zero-order chi connectivity index (χ0) is 64.3. The van der Waals surface area contributed by atoms with Crippen LogP contribution in [0.25, 0.3) is 90.9 Å². The number of H-pyrrole nitrogens is 2. The van der Waals surface area contributed by atoms with Crippen LogP contribution in [0, 0.1) is 104 Å². The fraction of sp³-hybridized carbons (Fsp3) is 0.294. The smallest absolute Gasteiger partial charge is 0.228 e. The second-order valence-electron chi connectivity index (χ2n) is 26.8. The van der Waals surface area contributed by atoms with Crippen LogP contribution >= 0.6 is 0 Å². The zero-order valence-corrected chi connectivity index (χ0v) is 49.5. The summed E-state index contributed by atoms with van der Waals surface area (Å²) in [7, 11) is 0. The standard InChI is InChI=1S/C68H56F10N8O4/c1-65(2)23-27(65)61(87)83-31-11-9-12-32(84-62(88)28-24-66(28,3)4)43(31)45-35-15-19-39(79-35)47(49-51(69)55(73)59(77)56(74)52(49)70)41-21-17-37(81-41)46(44-33(85-63(89)29-25-67(29,5)6)13-10-14-34(44)86-64(90)30-26-68(30,7)8)38-18-22-42(82-38)48(40-20-16-36(45)80-40)50-53(71)57(75)60(78)58(76)54(50)72/h9-22,27-30,79,82H,23-26H2,1-8H3,(H,83,87)(H,84,88)(H,85,89)(H,86,90)/t27-,28+,29-,30+. The molecule has 5 heterocycles. The molecule has 4 aromatic carbocycles. The summed E-state index contributed by atoms with van der Waals surface area (Å²) in [6.07, 6.45) is 6.96. The molecular formula is C68H56F10N8O4. The van der Waals surface area contributed by atoms with Gasteiger partial charge in [-0.2, -0.15) is 0 Å². The van der Waals surface area contributed by atoms with Crippen LogP contribution in [-0.2, 0) is 19.2 Å². The van der Waals surface area contributed by atoms with Crippen molar-refractivity contribution in [2.24, 2.45) is 45.3 Å². The van der Waals surface area contributed by atoms with Gasteiger partial charge >= 0.3 is 0 Å². The van der Waals surface area contributed by atoms with Gasteiger partial charge in [-0.3, -0.25) is 19.2 Å². The molecular weight excluding hydrogens is 1180 g/mol. The fourth-order valence-corrected chi connectivity index (χ4v) is 12.5. The third kappa shape index (κ3) is 9.92. The van der Waals surface area contributed by atoms with Gasteiger partial charge in [0.2, 0.25) is 35.3 Å². The maximum absolute atomic E-state index is 16.8. The minimum Gasteiger partial charge on any atom is -0.354 e. The number of nitrogens with zero attached hydrogens (tertiary/aromatic N) is 2. The highest BCUT2D eigenvalue weighted by Crippen LogP contribution is 2.56. The Hall–Kier alpha value is -9.34. The van der Waals surface area contributed by atoms with Crippen LogP contribution in [0.3, 0.4) is 0 Å². The van der Waals surface area contributed by atoms with Crippen molar-refractivity contribution >= 4 is 92.7 Å². The number of aromatic nitrogens is 4. The summed E-state index contributed by atoms with van der Waals surface area (Å²) in [5.41, 5.74) is -8.24. The van der Waals surface area contributed by atoms with E-state index < -0.39 is 161 Å². The van der Waals surface area contributed by atoms with Gasteiger partial charge in [0.05, 0.1) is 56.7 Å². The van der Waals surface area contributed by atoms with Crippen LogP contribution in [0.1, 0.15) is 104 Å². The van der Waals surface area contributed by atoms with Gasteiger partial charge in [0.25, 0.3) is 0 Å². The average molecular weight is 1240 g/mol. The molecule has 13 rings (SSSR count). The zero-order valence-electron chi connectivity index (χ0n) is 49.5. The number of rotatable bonds is 12. The highest BCUT2D eigenvalue weighted by atomic mass is 19.2. The first-order valence-corrected chi connectivity index (χ1v) is 29.1. The lowest BCUT2D eigenvalue weighted by Crippen LogP contribution is -2.19. The van der Waals surface area contributed by atoms with E-state index in [-0.39, 0.29) is 78.5 Å². The van der Waals surface area contributed by atoms with Gasteiger partial charge in [-0.25, -0.2) is 53.9 Å². The number of carbonyl (C=O) groups is 4. The number of hydrogen-bond donors (Lipinski definition) is 6. The van der Waals surface area contributed by atoms with Gasteiger partial charge in [-0.15, -0.1) is 0 Å². The molecule has 4 aliphatic carbocycles. The maximum atomic E-state index is 16.8. The van der Waals surface area contributed by atoms with Crippen molar-refractivity contribution in [3.05, 3.63) is 142 Å². The summed E-state index contributed by atoms with van der Waals surface area (Å²) in [6.45, 7) is 15.1. The molecule has 2 aliphatic heterocycles. The molecule has 22 heteroatoms. The highest BCUT2D eigenvalue weighted by Gasteiger charge is 2.53. The predicted octanol–water partition coefficient (Wildman–Crippen LogP) is 16.7. The minimum atomic E-state index is -2.46. The predicted molar refractivity (Wildman–Crippen MR) is 322 cm³/mol. The number of aromatic amines is 2. The number of anilines is 4. The van der Waals surface area contributed by atoms with Gasteiger partial charge in [0.1, 0.15) is 0 Å². The summed E-state index contributed by atoms with van der Waals surface area (Å²) < 4.78 is 160. The Morgan fingerprint density at radius 2 is 0.533 bits per heavy atom. The van der Waals surface area contributed by atoms with Gasteiger partial charge in [0.15, 0.2) is 46.5 Å². The molecule has 0 saturated heterocycles. The Morgan fingerprint density at radius 3 is 0.744 bits per heavy atom. The van der Waals surface area contributed by atoms with Gasteiger partial charge in [-0.1, -0.05) is 67.5 Å². The largest absolute Gasteiger partial charge is 0.354 e. The van der Waals surface area contributed by atoms with Crippen molar-refractivity contribution in [2.45, 2.75) is 81.1 Å². The molecule has 4 atom stereocenters. The van der Waals surface area contributed by atoms with Gasteiger partial charge in [-0.05, 0) is 120 Å². The Morgan fingerprint density at radius 1 is 0.333 bits per heavy atom. The first-order valence-electron chi connectivity index (χ1n) is 29.1. The van der Waals surface area contributed by atoms with Crippen molar-refractivity contribution in [1.82, 2.24) is 19.9 Å². The van der Waals surface area contributed by atoms with E-state index in [0.717, 1.165) is 0 Å². The monoisotopic (exact) mass is 1240 g/mol. The normalized spacial score (nSPS) is 19.9. The number of fused-ring (bicyclic) bond motifs is 8. The van der Waals surface area contributed by atoms with E-state index >= 15 is 43.9 Å². The number of benzene rings is 4. The molecule has 3 aromatic heterocycles. The first-order chi connectivity index (χ1) is 42.4. The van der Waals surface area contributed by atoms with Crippen molar-refractivity contribution in [2.75, 3.05) is 21.3 Å². The second-order valence-corrected chi connectivity index (χ2v) is 26.8. The van der Waals surface area contributed by atoms with E-state index in [0.29, 0.717) is 25.7 Å². The van der Waals surface area contributed by atoms with Crippen LogP contribution in [0.2, 0.25) is 0 Å². The third-order valence-electron chi connectivity index (χ3n) is 18.7. The molecule has 0 radical (unpaired) electrons. The average Bonchev–Trinajstić information content (AvgIpc) is 1.33. The van der Waals surface area contributed by atoms with E-state index in [4.69, 9.17) is 9.97 Å². The van der Waals surface area contributed by atoms with Crippen LogP contribution in [-0.4, -0.2) is 43.6 Å². The number of nitrogens with one attached hydrogen (secondary N) is 6. The summed E-state index contributed by atoms with van der Waals surface area (Å²) in [5, 5.41) is 11.9. The van der Waals surface area contributed by atoms with E-state index in [2.05, 4.69) is 31.2 Å². The molecule has 12 nitrogen and oxygen atoms in total. The van der Waals surface area contributed by atoms with Crippen molar-refractivity contribution in [1.29, 1.82) is 0 Å². The van der Waals surface area contributed by atoms with Crippen LogP contribution in [0.15, 0.2) is 60.7 Å². The Labute approximate surface area is 507 Å². The maximum Gasteiger partial charge on any atom is 0.228 e. The highest BCUT2D eigenvalue weighted by molar-refractivity contribution is 6.12. The molecule has 7 aromatic rings. The third-order valence-corrected chi connectivity index (χ3v) is 18.7. The van der Waals surface area contributed by atoms with E-state index in [1.165, 1.54) is 85.0 Å². The van der Waals surface area contributed by atoms with Crippen molar-refractivity contribution in [3.63, 3.8) is 0 Å². The van der Waals surface area contributed by atoms with Crippen LogP contribution < -0.4 is 21.3 Å². The Bertz CT molecular complexity index is 4200. The Balaban J connectivity index is 1.19. The molecule has 462 valence electrons. The minimum absolute atomic E-state index is 0.00474. The SMILES string of the molecule is CC1(C)C[C@@H]1C(=O)Nc1cccc(NC(=O)[C@@H]2CC2(C)C)c1-c1c2nc(c(-c3c(F)c(F)c(F)c(F)c3F)c3ccc([nH]3)c(-c3c(NC(=O)[C@H]4CC4(C)C)cccc3NC(=O)[C@@H]3CC3(C)C)c3nc(c(-c4c(F)c(F)c(F)c(F)c4F)c4ccc1[nH]4)C=C3)C=C2. The van der Waals surface area contributed by atoms with Crippen molar-refractivity contribution in [3.8, 4) is 44.5 Å². The summed E-state index contributed by atoms with van der Waals surface area (Å²) in [5.74, 6) is -26.9. The second kappa shape index (κ2) is 20.6. The number of hydrogen-bond acceptors (Lipinski definition) is 6. The number of halogens is 10. The lowest BCUT2D eigenvalue weighted by atomic mass is 9.98. The van der Waals surface area contributed by atoms with Crippen LogP contribution in [0.5, 0.6) is 0 Å². The number of carbonyl (C=O) groups excluding carboxylic acids is 4. The molecule has 4 saturated carbocycles. The van der Waals surface area contributed by atoms with Gasteiger partial charge in [0, 0.05) is 79.1 Å². The summed E-state index contributed by atoms with van der Waals surface area (Å²) >= 11 is 0. The summed E-state index contributed by atoms with van der Waals surface area (Å²) in [4.78, 5) is 72.7.